The first-order valence-electron chi connectivity index (χ1n) is 10.2. The summed E-state index contributed by atoms with van der Waals surface area (Å²) in [6.07, 6.45) is 6.42. The maximum atomic E-state index is 12.1. The maximum Gasteiger partial charge on any atom is 0.338 e. The molecule has 1 amide bonds. The van der Waals surface area contributed by atoms with E-state index in [9.17, 15) is 18.0 Å². The van der Waals surface area contributed by atoms with Crippen LogP contribution in [-0.2, 0) is 25.1 Å². The van der Waals surface area contributed by atoms with Crippen LogP contribution in [-0.4, -0.2) is 39.2 Å². The number of amides is 1. The molecule has 1 fully saturated rings. The Balaban J connectivity index is 1.76. The number of esters is 1. The molecule has 0 saturated heterocycles. The number of nitrogens with one attached hydrogen (secondary N) is 1. The monoisotopic (exact) mass is 423 g/mol. The van der Waals surface area contributed by atoms with Gasteiger partial charge in [0.1, 0.15) is 0 Å². The Bertz CT molecular complexity index is 806. The first-order chi connectivity index (χ1) is 13.5. The van der Waals surface area contributed by atoms with E-state index in [0.717, 1.165) is 38.4 Å². The molecule has 1 saturated carbocycles. The molecule has 7 heteroatoms. The van der Waals surface area contributed by atoms with Crippen LogP contribution in [0.2, 0.25) is 0 Å². The van der Waals surface area contributed by atoms with Crippen molar-refractivity contribution in [2.45, 2.75) is 64.7 Å². The van der Waals surface area contributed by atoms with Crippen LogP contribution in [0, 0.1) is 11.3 Å². The number of hydrogen-bond donors (Lipinski definition) is 1. The highest BCUT2D eigenvalue weighted by Gasteiger charge is 2.32. The lowest BCUT2D eigenvalue weighted by molar-refractivity contribution is -0.125. The molecule has 0 spiro atoms. The number of hydrogen-bond acceptors (Lipinski definition) is 5. The van der Waals surface area contributed by atoms with Gasteiger partial charge in [-0.25, -0.2) is 13.2 Å². The molecule has 1 aliphatic rings. The van der Waals surface area contributed by atoms with Crippen LogP contribution in [0.3, 0.4) is 0 Å². The Morgan fingerprint density at radius 1 is 1.10 bits per heavy atom. The van der Waals surface area contributed by atoms with E-state index in [1.807, 2.05) is 0 Å². The Labute approximate surface area is 174 Å². The molecule has 0 aliphatic heterocycles. The second-order valence-corrected chi connectivity index (χ2v) is 10.9. The Kier molecular flexibility index (Phi) is 7.86. The van der Waals surface area contributed by atoms with Crippen molar-refractivity contribution in [3.63, 3.8) is 0 Å². The minimum atomic E-state index is -3.13. The summed E-state index contributed by atoms with van der Waals surface area (Å²) in [6.45, 7) is 6.53. The molecule has 2 rings (SSSR count). The second-order valence-electron chi connectivity index (χ2n) is 8.80. The zero-order valence-corrected chi connectivity index (χ0v) is 18.7. The molecule has 1 aromatic carbocycles. The van der Waals surface area contributed by atoms with Gasteiger partial charge in [-0.1, -0.05) is 39.3 Å². The van der Waals surface area contributed by atoms with Gasteiger partial charge in [0.15, 0.2) is 16.4 Å². The molecule has 0 aromatic heterocycles. The van der Waals surface area contributed by atoms with Crippen molar-refractivity contribution in [2.75, 3.05) is 12.9 Å². The lowest BCUT2D eigenvalue weighted by Crippen LogP contribution is -2.41. The average Bonchev–Trinajstić information content (AvgIpc) is 2.66. The molecule has 0 radical (unpaired) electrons. The normalized spacial score (nSPS) is 20.1. The van der Waals surface area contributed by atoms with Crippen molar-refractivity contribution >= 4 is 21.7 Å². The minimum absolute atomic E-state index is 0.0809. The first kappa shape index (κ1) is 23.4. The molecule has 1 aromatic rings. The van der Waals surface area contributed by atoms with Crippen molar-refractivity contribution in [3.8, 4) is 0 Å². The largest absolute Gasteiger partial charge is 0.452 e. The highest BCUT2D eigenvalue weighted by molar-refractivity contribution is 7.89. The molecule has 0 bridgehead atoms. The van der Waals surface area contributed by atoms with Crippen LogP contribution in [0.25, 0.3) is 0 Å². The first-order valence-corrected chi connectivity index (χ1v) is 12.3. The van der Waals surface area contributed by atoms with Gasteiger partial charge >= 0.3 is 5.97 Å². The zero-order valence-electron chi connectivity index (χ0n) is 17.9. The van der Waals surface area contributed by atoms with E-state index in [2.05, 4.69) is 26.1 Å². The quantitative estimate of drug-likeness (QED) is 0.647. The lowest BCUT2D eigenvalue weighted by atomic mass is 9.69. The highest BCUT2D eigenvalue weighted by atomic mass is 32.2. The van der Waals surface area contributed by atoms with Gasteiger partial charge in [-0.05, 0) is 54.7 Å². The lowest BCUT2D eigenvalue weighted by Gasteiger charge is -2.39. The fraction of sp³-hybridized carbons (Fsp3) is 0.636. The Hall–Kier alpha value is -1.89. The van der Waals surface area contributed by atoms with E-state index in [1.54, 1.807) is 12.1 Å². The number of carbonyl (C=O) groups excluding carboxylic acids is 2. The summed E-state index contributed by atoms with van der Waals surface area (Å²) < 4.78 is 27.7. The maximum absolute atomic E-state index is 12.1. The minimum Gasteiger partial charge on any atom is -0.452 e. The summed E-state index contributed by atoms with van der Waals surface area (Å²) >= 11 is 0. The molecule has 162 valence electrons. The van der Waals surface area contributed by atoms with Crippen molar-refractivity contribution in [3.05, 3.63) is 35.4 Å². The summed E-state index contributed by atoms with van der Waals surface area (Å²) in [5.74, 6) is -0.281. The summed E-state index contributed by atoms with van der Waals surface area (Å²) in [5.41, 5.74) is 1.22. The van der Waals surface area contributed by atoms with Gasteiger partial charge in [0, 0.05) is 12.3 Å². The molecule has 29 heavy (non-hydrogen) atoms. The molecular weight excluding hydrogens is 390 g/mol. The summed E-state index contributed by atoms with van der Waals surface area (Å²) in [4.78, 5) is 24.2. The van der Waals surface area contributed by atoms with Crippen LogP contribution in [0.15, 0.2) is 24.3 Å². The van der Waals surface area contributed by atoms with Gasteiger partial charge in [-0.2, -0.15) is 0 Å². The fourth-order valence-corrected chi connectivity index (χ4v) is 4.63. The van der Waals surface area contributed by atoms with Crippen molar-refractivity contribution < 1.29 is 22.7 Å². The van der Waals surface area contributed by atoms with Crippen LogP contribution >= 0.6 is 0 Å². The van der Waals surface area contributed by atoms with Crippen LogP contribution < -0.4 is 5.32 Å². The average molecular weight is 424 g/mol. The molecule has 1 aliphatic carbocycles. The van der Waals surface area contributed by atoms with Gasteiger partial charge in [0.2, 0.25) is 0 Å². The van der Waals surface area contributed by atoms with Crippen molar-refractivity contribution in [1.29, 1.82) is 0 Å². The van der Waals surface area contributed by atoms with E-state index in [4.69, 9.17) is 4.74 Å². The Morgan fingerprint density at radius 3 is 2.21 bits per heavy atom. The third-order valence-corrected chi connectivity index (χ3v) is 6.92. The van der Waals surface area contributed by atoms with Gasteiger partial charge in [-0.15, -0.1) is 0 Å². The summed E-state index contributed by atoms with van der Waals surface area (Å²) in [6, 6.07) is 6.32. The third kappa shape index (κ3) is 7.46. The van der Waals surface area contributed by atoms with Gasteiger partial charge in [-0.3, -0.25) is 4.79 Å². The predicted octanol–water partition coefficient (Wildman–Crippen LogP) is 3.50. The number of ether oxygens (including phenoxy) is 1. The SMILES string of the molecule is CCC(C)(C)C1CCC(NC(=O)COC(=O)c2ccc(CS(C)(=O)=O)cc2)CC1. The van der Waals surface area contributed by atoms with E-state index in [-0.39, 0.29) is 29.9 Å². The third-order valence-electron chi connectivity index (χ3n) is 6.06. The smallest absolute Gasteiger partial charge is 0.338 e. The van der Waals surface area contributed by atoms with Crippen molar-refractivity contribution in [1.82, 2.24) is 5.32 Å². The highest BCUT2D eigenvalue weighted by Crippen LogP contribution is 2.40. The van der Waals surface area contributed by atoms with Crippen molar-refractivity contribution in [2.24, 2.45) is 11.3 Å². The van der Waals surface area contributed by atoms with Gasteiger partial charge < -0.3 is 10.1 Å². The van der Waals surface area contributed by atoms with Crippen LogP contribution in [0.4, 0.5) is 0 Å². The van der Waals surface area contributed by atoms with Crippen LogP contribution in [0.5, 0.6) is 0 Å². The zero-order chi connectivity index (χ0) is 21.7. The van der Waals surface area contributed by atoms with E-state index in [0.29, 0.717) is 16.9 Å². The van der Waals surface area contributed by atoms with E-state index >= 15 is 0 Å². The fourth-order valence-electron chi connectivity index (χ4n) is 3.83. The molecule has 0 unspecified atom stereocenters. The summed E-state index contributed by atoms with van der Waals surface area (Å²) in [5, 5.41) is 2.97. The Morgan fingerprint density at radius 2 is 1.69 bits per heavy atom. The van der Waals surface area contributed by atoms with Crippen LogP contribution in [0.1, 0.15) is 68.8 Å². The van der Waals surface area contributed by atoms with E-state index < -0.39 is 15.8 Å². The molecule has 0 atom stereocenters. The molecule has 1 N–H and O–H groups in total. The number of carbonyl (C=O) groups is 2. The predicted molar refractivity (Wildman–Crippen MR) is 113 cm³/mol. The summed E-state index contributed by atoms with van der Waals surface area (Å²) in [7, 11) is -3.13. The van der Waals surface area contributed by atoms with E-state index in [1.165, 1.54) is 12.1 Å². The molecular formula is C22H33NO5S. The number of sulfone groups is 1. The standard InChI is InChI=1S/C22H33NO5S/c1-5-22(2,3)18-10-12-19(13-11-18)23-20(24)14-28-21(25)17-8-6-16(7-9-17)15-29(4,26)27/h6-9,18-19H,5,10-15H2,1-4H3,(H,23,24). The molecule has 0 heterocycles. The number of rotatable bonds is 8. The van der Waals surface area contributed by atoms with Gasteiger partial charge in [0.05, 0.1) is 11.3 Å². The topological polar surface area (TPSA) is 89.5 Å². The number of benzene rings is 1. The molecule has 6 nitrogen and oxygen atoms in total. The second kappa shape index (κ2) is 9.74. The van der Waals surface area contributed by atoms with Gasteiger partial charge in [0.25, 0.3) is 5.91 Å².